The van der Waals surface area contributed by atoms with Crippen LogP contribution in [0.4, 0.5) is 5.69 Å². The minimum atomic E-state index is -0.255. The number of nitrogens with one attached hydrogen (secondary N) is 1. The molecule has 0 atom stereocenters. The third kappa shape index (κ3) is 4.95. The van der Waals surface area contributed by atoms with Crippen molar-refractivity contribution in [3.63, 3.8) is 0 Å². The summed E-state index contributed by atoms with van der Waals surface area (Å²) in [6.07, 6.45) is 5.69. The highest BCUT2D eigenvalue weighted by Crippen LogP contribution is 2.22. The van der Waals surface area contributed by atoms with E-state index in [0.717, 1.165) is 47.8 Å². The van der Waals surface area contributed by atoms with E-state index >= 15 is 0 Å². The summed E-state index contributed by atoms with van der Waals surface area (Å²) in [6, 6.07) is 13.5. The summed E-state index contributed by atoms with van der Waals surface area (Å²) < 4.78 is 2.98. The molecule has 1 aliphatic rings. The Morgan fingerprint density at radius 1 is 1.14 bits per heavy atom. The molecule has 0 unspecified atom stereocenters. The summed E-state index contributed by atoms with van der Waals surface area (Å²) in [5, 5.41) is 8.20. The minimum Gasteiger partial charge on any atom is -0.324 e. The molecule has 0 radical (unpaired) electrons. The molecule has 0 aliphatic carbocycles. The molecule has 8 heteroatoms. The molecule has 2 aromatic heterocycles. The van der Waals surface area contributed by atoms with Crippen LogP contribution in [0.2, 0.25) is 0 Å². The van der Waals surface area contributed by atoms with Gasteiger partial charge in [-0.1, -0.05) is 24.6 Å². The van der Waals surface area contributed by atoms with Crippen LogP contribution in [-0.4, -0.2) is 25.2 Å². The van der Waals surface area contributed by atoms with Gasteiger partial charge >= 0.3 is 5.69 Å². The number of carbonyl (C=O) groups excluding carboxylic acids is 1. The standard InChI is InChI=1S/C21H23N5O2S/c27-19(14-26-21(28)25-12-5-1-2-9-18(25)24-26)23-17-8-6-7-16(13-17)15-29-20-10-3-4-11-22-20/h3-4,6-8,10-11,13H,1-2,5,9,12,14-15H2,(H,23,27). The van der Waals surface area contributed by atoms with Crippen LogP contribution in [0.25, 0.3) is 0 Å². The van der Waals surface area contributed by atoms with E-state index < -0.39 is 0 Å². The Morgan fingerprint density at radius 2 is 2.07 bits per heavy atom. The van der Waals surface area contributed by atoms with Gasteiger partial charge in [0.25, 0.3) is 0 Å². The number of thioether (sulfide) groups is 1. The number of anilines is 1. The van der Waals surface area contributed by atoms with E-state index in [4.69, 9.17) is 0 Å². The van der Waals surface area contributed by atoms with Crippen molar-refractivity contribution in [2.75, 3.05) is 5.32 Å². The number of pyridine rings is 1. The van der Waals surface area contributed by atoms with Crippen LogP contribution >= 0.6 is 11.8 Å². The van der Waals surface area contributed by atoms with E-state index in [1.54, 1.807) is 22.5 Å². The lowest BCUT2D eigenvalue weighted by Gasteiger charge is -2.07. The zero-order chi connectivity index (χ0) is 20.1. The van der Waals surface area contributed by atoms with E-state index in [1.807, 2.05) is 42.5 Å². The highest BCUT2D eigenvalue weighted by Gasteiger charge is 2.17. The predicted octanol–water partition coefficient (Wildman–Crippen LogP) is 3.10. The van der Waals surface area contributed by atoms with E-state index in [1.165, 1.54) is 4.68 Å². The Bertz CT molecular complexity index is 1040. The van der Waals surface area contributed by atoms with E-state index in [2.05, 4.69) is 15.4 Å². The molecule has 4 rings (SSSR count). The van der Waals surface area contributed by atoms with Crippen molar-refractivity contribution < 1.29 is 4.79 Å². The molecular weight excluding hydrogens is 386 g/mol. The Morgan fingerprint density at radius 3 is 2.93 bits per heavy atom. The molecule has 150 valence electrons. The lowest BCUT2D eigenvalue weighted by molar-refractivity contribution is -0.117. The van der Waals surface area contributed by atoms with Crippen LogP contribution < -0.4 is 11.0 Å². The largest absolute Gasteiger partial charge is 0.346 e. The highest BCUT2D eigenvalue weighted by molar-refractivity contribution is 7.98. The summed E-state index contributed by atoms with van der Waals surface area (Å²) in [5.74, 6) is 1.29. The quantitative estimate of drug-likeness (QED) is 0.633. The van der Waals surface area contributed by atoms with Crippen molar-refractivity contribution in [1.82, 2.24) is 19.3 Å². The maximum absolute atomic E-state index is 12.5. The summed E-state index contributed by atoms with van der Waals surface area (Å²) in [4.78, 5) is 29.3. The molecule has 1 N–H and O–H groups in total. The number of rotatable bonds is 6. The predicted molar refractivity (Wildman–Crippen MR) is 113 cm³/mol. The summed E-state index contributed by atoms with van der Waals surface area (Å²) in [7, 11) is 0. The van der Waals surface area contributed by atoms with Gasteiger partial charge in [0.15, 0.2) is 0 Å². The smallest absolute Gasteiger partial charge is 0.324 e. The average Bonchev–Trinajstić information content (AvgIpc) is 2.89. The summed E-state index contributed by atoms with van der Waals surface area (Å²) >= 11 is 1.64. The van der Waals surface area contributed by atoms with Crippen molar-refractivity contribution in [3.8, 4) is 0 Å². The number of aryl methyl sites for hydroxylation is 1. The molecule has 3 aromatic rings. The molecule has 7 nitrogen and oxygen atoms in total. The number of amides is 1. The normalized spacial score (nSPS) is 13.5. The van der Waals surface area contributed by atoms with Gasteiger partial charge in [0.1, 0.15) is 12.4 Å². The van der Waals surface area contributed by atoms with Crippen molar-refractivity contribution >= 4 is 23.4 Å². The summed E-state index contributed by atoms with van der Waals surface area (Å²) in [6.45, 7) is 0.609. The molecule has 29 heavy (non-hydrogen) atoms. The maximum Gasteiger partial charge on any atom is 0.346 e. The summed E-state index contributed by atoms with van der Waals surface area (Å²) in [5.41, 5.74) is 1.60. The van der Waals surface area contributed by atoms with Crippen LogP contribution in [0.15, 0.2) is 58.5 Å². The van der Waals surface area contributed by atoms with Gasteiger partial charge in [-0.05, 0) is 42.7 Å². The highest BCUT2D eigenvalue weighted by atomic mass is 32.2. The van der Waals surface area contributed by atoms with Crippen molar-refractivity contribution in [1.29, 1.82) is 0 Å². The molecule has 0 spiro atoms. The van der Waals surface area contributed by atoms with Crippen molar-refractivity contribution in [3.05, 3.63) is 70.5 Å². The van der Waals surface area contributed by atoms with Crippen LogP contribution in [0, 0.1) is 0 Å². The Labute approximate surface area is 173 Å². The number of hydrogen-bond donors (Lipinski definition) is 1. The van der Waals surface area contributed by atoms with Gasteiger partial charge in [0.05, 0.1) is 5.03 Å². The fraction of sp³-hybridized carbons (Fsp3) is 0.333. The van der Waals surface area contributed by atoms with E-state index in [-0.39, 0.29) is 18.1 Å². The number of benzene rings is 1. The first-order chi connectivity index (χ1) is 14.2. The topological polar surface area (TPSA) is 81.8 Å². The zero-order valence-electron chi connectivity index (χ0n) is 16.1. The molecule has 0 bridgehead atoms. The Balaban J connectivity index is 1.38. The first kappa shape index (κ1) is 19.4. The molecule has 0 fully saturated rings. The van der Waals surface area contributed by atoms with Crippen LogP contribution in [0.1, 0.15) is 30.7 Å². The SMILES string of the molecule is O=C(Cn1nc2n(c1=O)CCCCC2)Nc1cccc(CSc2ccccn2)c1. The lowest BCUT2D eigenvalue weighted by atomic mass is 10.2. The average molecular weight is 410 g/mol. The molecule has 0 saturated carbocycles. The lowest BCUT2D eigenvalue weighted by Crippen LogP contribution is -2.30. The molecule has 1 aliphatic heterocycles. The maximum atomic E-state index is 12.5. The van der Waals surface area contributed by atoms with Crippen molar-refractivity contribution in [2.24, 2.45) is 0 Å². The zero-order valence-corrected chi connectivity index (χ0v) is 16.9. The number of hydrogen-bond acceptors (Lipinski definition) is 5. The monoisotopic (exact) mass is 409 g/mol. The Hall–Kier alpha value is -2.87. The second-order valence-electron chi connectivity index (χ2n) is 7.02. The molecule has 0 saturated heterocycles. The number of aromatic nitrogens is 4. The van der Waals surface area contributed by atoms with Gasteiger partial charge in [-0.15, -0.1) is 11.8 Å². The third-order valence-corrected chi connectivity index (χ3v) is 5.83. The fourth-order valence-corrected chi connectivity index (χ4v) is 4.20. The first-order valence-electron chi connectivity index (χ1n) is 9.78. The van der Waals surface area contributed by atoms with Gasteiger partial charge in [-0.2, -0.15) is 5.10 Å². The number of nitrogens with zero attached hydrogens (tertiary/aromatic N) is 4. The third-order valence-electron chi connectivity index (χ3n) is 4.81. The van der Waals surface area contributed by atoms with Gasteiger partial charge < -0.3 is 5.32 Å². The minimum absolute atomic E-state index is 0.0776. The van der Waals surface area contributed by atoms with Gasteiger partial charge in [0.2, 0.25) is 5.91 Å². The van der Waals surface area contributed by atoms with Crippen LogP contribution in [-0.2, 0) is 30.1 Å². The van der Waals surface area contributed by atoms with Gasteiger partial charge in [0, 0.05) is 30.6 Å². The molecule has 3 heterocycles. The second-order valence-corrected chi connectivity index (χ2v) is 8.02. The Kier molecular flexibility index (Phi) is 6.09. The molecule has 1 aromatic carbocycles. The van der Waals surface area contributed by atoms with Crippen molar-refractivity contribution in [2.45, 2.75) is 49.6 Å². The molecular formula is C21H23N5O2S. The first-order valence-corrected chi connectivity index (χ1v) is 10.8. The second kappa shape index (κ2) is 9.09. The number of carbonyl (C=O) groups is 1. The number of fused-ring (bicyclic) bond motifs is 1. The van der Waals surface area contributed by atoms with Gasteiger partial charge in [-0.25, -0.2) is 14.5 Å². The molecule has 1 amide bonds. The van der Waals surface area contributed by atoms with E-state index in [9.17, 15) is 9.59 Å². The van der Waals surface area contributed by atoms with Gasteiger partial charge in [-0.3, -0.25) is 9.36 Å². The van der Waals surface area contributed by atoms with E-state index in [0.29, 0.717) is 12.2 Å². The fourth-order valence-electron chi connectivity index (χ4n) is 3.39. The van der Waals surface area contributed by atoms with Crippen LogP contribution in [0.3, 0.4) is 0 Å². The van der Waals surface area contributed by atoms with Crippen LogP contribution in [0.5, 0.6) is 0 Å².